The zero-order chi connectivity index (χ0) is 25.3. The first-order valence-corrected chi connectivity index (χ1v) is 13.7. The van der Waals surface area contributed by atoms with E-state index >= 15 is 0 Å². The van der Waals surface area contributed by atoms with Crippen LogP contribution in [-0.4, -0.2) is 63.7 Å². The summed E-state index contributed by atoms with van der Waals surface area (Å²) in [5.74, 6) is 0.320. The summed E-state index contributed by atoms with van der Waals surface area (Å²) < 4.78 is 29.4. The van der Waals surface area contributed by atoms with Crippen LogP contribution in [0.25, 0.3) is 11.4 Å². The van der Waals surface area contributed by atoms with Crippen LogP contribution < -0.4 is 10.0 Å². The number of nitrogens with zero attached hydrogens (tertiary/aromatic N) is 2. The number of aliphatic imine (C=N–C) groups is 1. The van der Waals surface area contributed by atoms with E-state index in [0.29, 0.717) is 13.2 Å². The van der Waals surface area contributed by atoms with Crippen LogP contribution in [0.4, 0.5) is 0 Å². The molecule has 3 rings (SSSR count). The maximum absolute atomic E-state index is 11.5. The zero-order valence-electron chi connectivity index (χ0n) is 20.5. The van der Waals surface area contributed by atoms with Crippen LogP contribution >= 0.6 is 0 Å². The molecule has 0 atom stereocenters. The van der Waals surface area contributed by atoms with Crippen molar-refractivity contribution in [1.29, 1.82) is 0 Å². The molecule has 0 bridgehead atoms. The molecule has 0 fully saturated rings. The maximum atomic E-state index is 11.5. The third kappa shape index (κ3) is 8.22. The fraction of sp³-hybridized carbons (Fsp3) is 0.385. The average molecular weight is 499 g/mol. The van der Waals surface area contributed by atoms with Gasteiger partial charge < -0.3 is 15.0 Å². The van der Waals surface area contributed by atoms with Crippen LogP contribution in [0.2, 0.25) is 0 Å². The van der Waals surface area contributed by atoms with Crippen LogP contribution in [0.3, 0.4) is 0 Å². The standard InChI is InChI=1S/C26H34N4O4S/c1-20(2)30(16-10-11-17-34-19-24(31)29-35(3,32)33)23-18-27-25(21-12-6-4-7-13-21)26(28-23)22-14-8-5-9-15-22/h4-9,12-15,20,27H,10-11,16-19H2,1-3H3,(H,29,31). The molecule has 8 nitrogen and oxygen atoms in total. The largest absolute Gasteiger partial charge is 0.376 e. The predicted molar refractivity (Wildman–Crippen MR) is 140 cm³/mol. The summed E-state index contributed by atoms with van der Waals surface area (Å²) in [5.41, 5.74) is 4.09. The van der Waals surface area contributed by atoms with Crippen molar-refractivity contribution in [3.05, 3.63) is 71.8 Å². The number of unbranched alkanes of at least 4 members (excludes halogenated alkanes) is 1. The minimum atomic E-state index is -3.56. The normalized spacial score (nSPS) is 13.9. The molecule has 2 aromatic rings. The van der Waals surface area contributed by atoms with E-state index in [4.69, 9.17) is 9.73 Å². The third-order valence-electron chi connectivity index (χ3n) is 5.44. The summed E-state index contributed by atoms with van der Waals surface area (Å²) in [6.07, 6.45) is 2.53. The van der Waals surface area contributed by atoms with Gasteiger partial charge in [-0.3, -0.25) is 9.52 Å². The van der Waals surface area contributed by atoms with Gasteiger partial charge in [0.1, 0.15) is 12.4 Å². The molecule has 2 N–H and O–H groups in total. The number of amidine groups is 1. The van der Waals surface area contributed by atoms with Crippen LogP contribution in [0.1, 0.15) is 37.8 Å². The summed E-state index contributed by atoms with van der Waals surface area (Å²) in [7, 11) is -3.56. The Morgan fingerprint density at radius 2 is 1.69 bits per heavy atom. The highest BCUT2D eigenvalue weighted by Gasteiger charge is 2.22. The predicted octanol–water partition coefficient (Wildman–Crippen LogP) is 3.10. The van der Waals surface area contributed by atoms with Crippen molar-refractivity contribution in [1.82, 2.24) is 14.9 Å². The summed E-state index contributed by atoms with van der Waals surface area (Å²) in [6.45, 7) is 5.81. The fourth-order valence-electron chi connectivity index (χ4n) is 3.86. The first-order chi connectivity index (χ1) is 16.7. The molecule has 1 aliphatic rings. The zero-order valence-corrected chi connectivity index (χ0v) is 21.3. The van der Waals surface area contributed by atoms with Crippen molar-refractivity contribution in [2.24, 2.45) is 4.99 Å². The molecule has 0 saturated heterocycles. The van der Waals surface area contributed by atoms with Gasteiger partial charge in [-0.05, 0) is 32.3 Å². The first kappa shape index (κ1) is 26.4. The molecule has 1 heterocycles. The Bertz CT molecular complexity index is 1150. The van der Waals surface area contributed by atoms with Gasteiger partial charge in [0.15, 0.2) is 0 Å². The van der Waals surface area contributed by atoms with Crippen LogP contribution in [-0.2, 0) is 19.6 Å². The second-order valence-corrected chi connectivity index (χ2v) is 10.4. The lowest BCUT2D eigenvalue weighted by Crippen LogP contribution is -2.44. The first-order valence-electron chi connectivity index (χ1n) is 11.8. The molecule has 0 spiro atoms. The third-order valence-corrected chi connectivity index (χ3v) is 6.03. The van der Waals surface area contributed by atoms with Gasteiger partial charge in [0.05, 0.1) is 24.2 Å². The van der Waals surface area contributed by atoms with Gasteiger partial charge in [-0.25, -0.2) is 13.4 Å². The lowest BCUT2D eigenvalue weighted by atomic mass is 10.0. The van der Waals surface area contributed by atoms with Crippen molar-refractivity contribution < 1.29 is 17.9 Å². The average Bonchev–Trinajstić information content (AvgIpc) is 2.83. The molecule has 35 heavy (non-hydrogen) atoms. The molecule has 1 amide bonds. The maximum Gasteiger partial charge on any atom is 0.259 e. The van der Waals surface area contributed by atoms with E-state index < -0.39 is 15.9 Å². The summed E-state index contributed by atoms with van der Waals surface area (Å²) in [5, 5.41) is 3.60. The van der Waals surface area contributed by atoms with E-state index in [0.717, 1.165) is 54.0 Å². The highest BCUT2D eigenvalue weighted by molar-refractivity contribution is 7.89. The van der Waals surface area contributed by atoms with Gasteiger partial charge >= 0.3 is 0 Å². The van der Waals surface area contributed by atoms with Gasteiger partial charge in [0, 0.05) is 24.8 Å². The number of nitrogens with one attached hydrogen (secondary N) is 2. The SMILES string of the molecule is CC(C)N(CCCCOCC(=O)NS(C)(=O)=O)C1=NC(c2ccccc2)=C(c2ccccc2)NC1. The van der Waals surface area contributed by atoms with Gasteiger partial charge in [-0.2, -0.15) is 0 Å². The van der Waals surface area contributed by atoms with Crippen molar-refractivity contribution >= 4 is 33.2 Å². The Labute approximate surface area is 208 Å². The topological polar surface area (TPSA) is 100 Å². The quantitative estimate of drug-likeness (QED) is 0.462. The number of amides is 1. The second-order valence-electron chi connectivity index (χ2n) is 8.68. The van der Waals surface area contributed by atoms with Gasteiger partial charge in [0.25, 0.3) is 5.91 Å². The molecule has 188 valence electrons. The molecular weight excluding hydrogens is 464 g/mol. The minimum absolute atomic E-state index is 0.257. The van der Waals surface area contributed by atoms with E-state index in [1.165, 1.54) is 0 Å². The minimum Gasteiger partial charge on any atom is -0.376 e. The number of benzene rings is 2. The molecule has 0 unspecified atom stereocenters. The van der Waals surface area contributed by atoms with E-state index in [2.05, 4.69) is 48.3 Å². The lowest BCUT2D eigenvalue weighted by molar-refractivity contribution is -0.123. The monoisotopic (exact) mass is 498 g/mol. The van der Waals surface area contributed by atoms with Crippen LogP contribution in [0.5, 0.6) is 0 Å². The fourth-order valence-corrected chi connectivity index (χ4v) is 4.34. The van der Waals surface area contributed by atoms with E-state index in [1.54, 1.807) is 0 Å². The van der Waals surface area contributed by atoms with Gasteiger partial charge in [-0.15, -0.1) is 0 Å². The van der Waals surface area contributed by atoms with Gasteiger partial charge in [0.2, 0.25) is 10.0 Å². The number of hydrogen-bond acceptors (Lipinski definition) is 7. The Morgan fingerprint density at radius 1 is 1.06 bits per heavy atom. The van der Waals surface area contributed by atoms with Crippen molar-refractivity contribution in [3.63, 3.8) is 0 Å². The summed E-state index contributed by atoms with van der Waals surface area (Å²) in [6, 6.07) is 20.7. The highest BCUT2D eigenvalue weighted by atomic mass is 32.2. The Kier molecular flexibility index (Phi) is 9.45. The number of carbonyl (C=O) groups excluding carboxylic acids is 1. The van der Waals surface area contributed by atoms with Crippen LogP contribution in [0, 0.1) is 0 Å². The number of sulfonamides is 1. The van der Waals surface area contributed by atoms with Crippen molar-refractivity contribution in [2.75, 3.05) is 32.6 Å². The Balaban J connectivity index is 1.66. The molecule has 1 aliphatic heterocycles. The summed E-state index contributed by atoms with van der Waals surface area (Å²) in [4.78, 5) is 18.9. The Morgan fingerprint density at radius 3 is 2.29 bits per heavy atom. The molecule has 0 radical (unpaired) electrons. The lowest BCUT2D eigenvalue weighted by Gasteiger charge is -2.33. The number of hydrogen-bond donors (Lipinski definition) is 2. The summed E-state index contributed by atoms with van der Waals surface area (Å²) >= 11 is 0. The second kappa shape index (κ2) is 12.5. The number of rotatable bonds is 11. The van der Waals surface area contributed by atoms with Gasteiger partial charge in [-0.1, -0.05) is 60.7 Å². The molecule has 0 aromatic heterocycles. The number of ether oxygens (including phenoxy) is 1. The van der Waals surface area contributed by atoms with Crippen molar-refractivity contribution in [3.8, 4) is 0 Å². The molecule has 0 saturated carbocycles. The van der Waals surface area contributed by atoms with E-state index in [-0.39, 0.29) is 12.6 Å². The van der Waals surface area contributed by atoms with Crippen LogP contribution in [0.15, 0.2) is 65.7 Å². The smallest absolute Gasteiger partial charge is 0.259 e. The highest BCUT2D eigenvalue weighted by Crippen LogP contribution is 2.28. The molecule has 0 aliphatic carbocycles. The molecule has 9 heteroatoms. The molecular formula is C26H34N4O4S. The Hall–Kier alpha value is -3.17. The van der Waals surface area contributed by atoms with Crippen molar-refractivity contribution in [2.45, 2.75) is 32.7 Å². The molecule has 2 aromatic carbocycles. The number of carbonyl (C=O) groups is 1. The van der Waals surface area contributed by atoms with E-state index in [1.807, 2.05) is 41.1 Å². The van der Waals surface area contributed by atoms with E-state index in [9.17, 15) is 13.2 Å².